The molecule has 0 saturated carbocycles. The molecule has 1 aromatic carbocycles. The van der Waals surface area contributed by atoms with Crippen molar-refractivity contribution in [3.63, 3.8) is 0 Å². The minimum Gasteiger partial charge on any atom is -0.466 e. The standard InChI is InChI=1S/C19H18F4N2O3/c1-10-17(24-2)15(12-7-6-11(20)9-13(12)19(21,22)23)16(18(27)28-3)14(25-10)5-4-8-26/h6-7,9,15,17,26H,4-5,8H2,1,3H3. The van der Waals surface area contributed by atoms with Crippen LogP contribution in [0.1, 0.15) is 36.8 Å². The lowest BCUT2D eigenvalue weighted by molar-refractivity contribution is -0.139. The van der Waals surface area contributed by atoms with Crippen LogP contribution < -0.4 is 0 Å². The third-order valence-electron chi connectivity index (χ3n) is 4.45. The summed E-state index contributed by atoms with van der Waals surface area (Å²) in [6.45, 7) is 8.71. The van der Waals surface area contributed by atoms with Gasteiger partial charge in [0.15, 0.2) is 0 Å². The summed E-state index contributed by atoms with van der Waals surface area (Å²) in [5.74, 6) is -3.32. The van der Waals surface area contributed by atoms with Gasteiger partial charge < -0.3 is 14.7 Å². The van der Waals surface area contributed by atoms with Gasteiger partial charge in [-0.2, -0.15) is 13.2 Å². The van der Waals surface area contributed by atoms with Crippen LogP contribution in [0.5, 0.6) is 0 Å². The van der Waals surface area contributed by atoms with Crippen molar-refractivity contribution >= 4 is 11.7 Å². The van der Waals surface area contributed by atoms with E-state index in [4.69, 9.17) is 16.4 Å². The molecule has 9 heteroatoms. The summed E-state index contributed by atoms with van der Waals surface area (Å²) in [6.07, 6.45) is -4.56. The minimum atomic E-state index is -4.89. The second-order valence-corrected chi connectivity index (χ2v) is 6.21. The third-order valence-corrected chi connectivity index (χ3v) is 4.45. The zero-order valence-electron chi connectivity index (χ0n) is 15.2. The Morgan fingerprint density at radius 1 is 1.39 bits per heavy atom. The van der Waals surface area contributed by atoms with Gasteiger partial charge in [-0.1, -0.05) is 6.07 Å². The number of allylic oxidation sites excluding steroid dienone is 1. The van der Waals surface area contributed by atoms with Gasteiger partial charge in [0.05, 0.1) is 35.6 Å². The number of benzene rings is 1. The first-order valence-corrected chi connectivity index (χ1v) is 8.36. The molecule has 1 N–H and O–H groups in total. The van der Waals surface area contributed by atoms with Crippen molar-refractivity contribution in [3.05, 3.63) is 57.8 Å². The van der Waals surface area contributed by atoms with Crippen molar-refractivity contribution in [2.45, 2.75) is 37.9 Å². The van der Waals surface area contributed by atoms with Gasteiger partial charge in [-0.05, 0) is 37.5 Å². The van der Waals surface area contributed by atoms with E-state index >= 15 is 0 Å². The molecular weight excluding hydrogens is 380 g/mol. The molecule has 1 aromatic rings. The van der Waals surface area contributed by atoms with Crippen molar-refractivity contribution in [3.8, 4) is 0 Å². The number of alkyl halides is 3. The molecule has 5 nitrogen and oxygen atoms in total. The molecular formula is C19H18F4N2O3. The van der Waals surface area contributed by atoms with Crippen molar-refractivity contribution in [2.75, 3.05) is 13.7 Å². The number of carbonyl (C=O) groups is 1. The molecule has 2 atom stereocenters. The smallest absolute Gasteiger partial charge is 0.416 e. The molecule has 0 amide bonds. The highest BCUT2D eigenvalue weighted by atomic mass is 19.4. The lowest BCUT2D eigenvalue weighted by Crippen LogP contribution is -2.34. The van der Waals surface area contributed by atoms with Crippen LogP contribution >= 0.6 is 0 Å². The Hall–Kier alpha value is -2.73. The van der Waals surface area contributed by atoms with E-state index in [1.54, 1.807) is 0 Å². The maximum absolute atomic E-state index is 13.6. The zero-order chi connectivity index (χ0) is 21.1. The van der Waals surface area contributed by atoms with Crippen LogP contribution in [0, 0.1) is 12.4 Å². The highest BCUT2D eigenvalue weighted by Gasteiger charge is 2.46. The van der Waals surface area contributed by atoms with Crippen LogP contribution in [0.2, 0.25) is 0 Å². The molecule has 0 aromatic heterocycles. The lowest BCUT2D eigenvalue weighted by atomic mass is 9.77. The molecule has 2 rings (SSSR count). The summed E-state index contributed by atoms with van der Waals surface area (Å²) >= 11 is 0. The quantitative estimate of drug-likeness (QED) is 0.465. The first-order chi connectivity index (χ1) is 13.1. The van der Waals surface area contributed by atoms with E-state index < -0.39 is 41.0 Å². The summed E-state index contributed by atoms with van der Waals surface area (Å²) in [5.41, 5.74) is -1.45. The van der Waals surface area contributed by atoms with Crippen LogP contribution in [0.15, 0.2) is 34.5 Å². The first-order valence-electron chi connectivity index (χ1n) is 8.36. The Labute approximate surface area is 159 Å². The summed E-state index contributed by atoms with van der Waals surface area (Å²) in [5, 5.41) is 9.08. The van der Waals surface area contributed by atoms with Crippen LogP contribution in [-0.2, 0) is 15.7 Å². The van der Waals surface area contributed by atoms with Crippen LogP contribution in [-0.4, -0.2) is 36.5 Å². The highest BCUT2D eigenvalue weighted by Crippen LogP contribution is 2.44. The molecule has 2 unspecified atom stereocenters. The maximum atomic E-state index is 13.6. The van der Waals surface area contributed by atoms with E-state index in [0.29, 0.717) is 6.07 Å². The Kier molecular flexibility index (Phi) is 6.56. The van der Waals surface area contributed by atoms with E-state index in [0.717, 1.165) is 19.2 Å². The van der Waals surface area contributed by atoms with E-state index in [1.165, 1.54) is 6.92 Å². The zero-order valence-corrected chi connectivity index (χ0v) is 15.2. The van der Waals surface area contributed by atoms with Crippen molar-refractivity contribution in [1.29, 1.82) is 0 Å². The number of aliphatic imine (C=N–C) groups is 1. The van der Waals surface area contributed by atoms with Crippen LogP contribution in [0.3, 0.4) is 0 Å². The van der Waals surface area contributed by atoms with Crippen molar-refractivity contribution in [1.82, 2.24) is 0 Å². The van der Waals surface area contributed by atoms with E-state index in [2.05, 4.69) is 9.84 Å². The number of aliphatic hydroxyl groups excluding tert-OH is 1. The average Bonchev–Trinajstić information content (AvgIpc) is 2.64. The van der Waals surface area contributed by atoms with Gasteiger partial charge in [-0.3, -0.25) is 4.99 Å². The minimum absolute atomic E-state index is 0.113. The first kappa shape index (κ1) is 21.6. The number of esters is 1. The molecule has 0 saturated heterocycles. The van der Waals surface area contributed by atoms with Crippen molar-refractivity contribution < 1.29 is 32.2 Å². The molecule has 0 radical (unpaired) electrons. The van der Waals surface area contributed by atoms with E-state index in [9.17, 15) is 22.4 Å². The van der Waals surface area contributed by atoms with Gasteiger partial charge in [0.2, 0.25) is 0 Å². The average molecular weight is 398 g/mol. The number of hydrogen-bond acceptors (Lipinski definition) is 4. The predicted molar refractivity (Wildman–Crippen MR) is 93.0 cm³/mol. The number of halogens is 4. The monoisotopic (exact) mass is 398 g/mol. The van der Waals surface area contributed by atoms with Crippen LogP contribution in [0.4, 0.5) is 17.6 Å². The largest absolute Gasteiger partial charge is 0.466 e. The molecule has 0 spiro atoms. The molecule has 1 aliphatic heterocycles. The summed E-state index contributed by atoms with van der Waals surface area (Å²) in [4.78, 5) is 20.1. The lowest BCUT2D eigenvalue weighted by Gasteiger charge is -2.28. The number of hydrogen-bond donors (Lipinski definition) is 1. The van der Waals surface area contributed by atoms with E-state index in [-0.39, 0.29) is 36.4 Å². The van der Waals surface area contributed by atoms with Gasteiger partial charge in [0, 0.05) is 6.61 Å². The molecule has 150 valence electrons. The summed E-state index contributed by atoms with van der Waals surface area (Å²) < 4.78 is 59.0. The topological polar surface area (TPSA) is 63.2 Å². The van der Waals surface area contributed by atoms with Gasteiger partial charge >= 0.3 is 12.1 Å². The fourth-order valence-corrected chi connectivity index (χ4v) is 3.25. The fourth-order valence-electron chi connectivity index (χ4n) is 3.25. The Balaban J connectivity index is 2.81. The SMILES string of the molecule is [C-]#[N+]C1C(C)=NC(CCCO)=C(C(=O)OC)C1c1ccc(F)cc1C(F)(F)F. The highest BCUT2D eigenvalue weighted by molar-refractivity contribution is 6.00. The molecule has 0 fully saturated rings. The molecule has 0 bridgehead atoms. The molecule has 0 aliphatic carbocycles. The molecule has 1 aliphatic rings. The number of methoxy groups -OCH3 is 1. The predicted octanol–water partition coefficient (Wildman–Crippen LogP) is 3.89. The normalized spacial score (nSPS) is 19.9. The Morgan fingerprint density at radius 3 is 2.61 bits per heavy atom. The number of aliphatic hydroxyl groups is 1. The number of rotatable bonds is 5. The second-order valence-electron chi connectivity index (χ2n) is 6.21. The third kappa shape index (κ3) is 4.22. The Morgan fingerprint density at radius 2 is 2.07 bits per heavy atom. The molecule has 28 heavy (non-hydrogen) atoms. The fraction of sp³-hybridized carbons (Fsp3) is 0.421. The van der Waals surface area contributed by atoms with Gasteiger partial charge in [-0.15, -0.1) is 0 Å². The van der Waals surface area contributed by atoms with Gasteiger partial charge in [0.25, 0.3) is 6.04 Å². The number of carbonyl (C=O) groups excluding carboxylic acids is 1. The van der Waals surface area contributed by atoms with Gasteiger partial charge in [-0.25, -0.2) is 15.8 Å². The summed E-state index contributed by atoms with van der Waals surface area (Å²) in [6, 6.07) is 0.958. The summed E-state index contributed by atoms with van der Waals surface area (Å²) in [7, 11) is 1.07. The van der Waals surface area contributed by atoms with Gasteiger partial charge in [0.1, 0.15) is 5.82 Å². The number of nitrogens with zero attached hydrogens (tertiary/aromatic N) is 2. The van der Waals surface area contributed by atoms with Crippen molar-refractivity contribution in [2.24, 2.45) is 4.99 Å². The Bertz CT molecular complexity index is 869. The number of ether oxygens (including phenoxy) is 1. The second kappa shape index (κ2) is 8.52. The maximum Gasteiger partial charge on any atom is 0.416 e. The van der Waals surface area contributed by atoms with Crippen LogP contribution in [0.25, 0.3) is 4.85 Å². The molecule has 1 heterocycles. The van der Waals surface area contributed by atoms with E-state index in [1.807, 2.05) is 0 Å².